The van der Waals surface area contributed by atoms with Crippen LogP contribution in [0.5, 0.6) is 5.75 Å². The lowest BCUT2D eigenvalue weighted by atomic mass is 10.0. The lowest BCUT2D eigenvalue weighted by Gasteiger charge is -2.15. The van der Waals surface area contributed by atoms with Crippen molar-refractivity contribution in [3.8, 4) is 5.75 Å². The molecule has 1 saturated heterocycles. The standard InChI is InChI=1S/C21H22N2O2S/c1-13(2)16-6-8-17(9-7-16)23-20(24)18(22-21(23)26)12-15-5-10-19(25-4)14(3)11-15/h5-13H,1-4H3,(H,22,26)/b18-12-. The number of anilines is 1. The van der Waals surface area contributed by atoms with Crippen LogP contribution >= 0.6 is 12.2 Å². The summed E-state index contributed by atoms with van der Waals surface area (Å²) >= 11 is 5.38. The molecule has 0 bridgehead atoms. The molecule has 2 aromatic carbocycles. The first-order valence-corrected chi connectivity index (χ1v) is 8.93. The Labute approximate surface area is 159 Å². The summed E-state index contributed by atoms with van der Waals surface area (Å²) in [4.78, 5) is 14.4. The molecule has 0 saturated carbocycles. The maximum Gasteiger partial charge on any atom is 0.281 e. The van der Waals surface area contributed by atoms with Gasteiger partial charge in [-0.05, 0) is 72.1 Å². The predicted octanol–water partition coefficient (Wildman–Crippen LogP) is 4.39. The number of nitrogens with zero attached hydrogens (tertiary/aromatic N) is 1. The van der Waals surface area contributed by atoms with E-state index in [-0.39, 0.29) is 5.91 Å². The van der Waals surface area contributed by atoms with Crippen molar-refractivity contribution in [2.24, 2.45) is 0 Å². The first-order chi connectivity index (χ1) is 12.4. The van der Waals surface area contributed by atoms with Crippen LogP contribution in [0, 0.1) is 6.92 Å². The van der Waals surface area contributed by atoms with E-state index in [1.807, 2.05) is 55.5 Å². The number of thiocarbonyl (C=S) groups is 1. The molecule has 5 heteroatoms. The fourth-order valence-corrected chi connectivity index (χ4v) is 3.23. The highest BCUT2D eigenvalue weighted by Gasteiger charge is 2.31. The van der Waals surface area contributed by atoms with Gasteiger partial charge in [-0.25, -0.2) is 0 Å². The number of rotatable bonds is 4. The van der Waals surface area contributed by atoms with E-state index in [9.17, 15) is 4.79 Å². The highest BCUT2D eigenvalue weighted by atomic mass is 32.1. The quantitative estimate of drug-likeness (QED) is 0.644. The molecule has 0 spiro atoms. The van der Waals surface area contributed by atoms with Gasteiger partial charge in [0.1, 0.15) is 11.4 Å². The normalized spacial score (nSPS) is 15.7. The summed E-state index contributed by atoms with van der Waals surface area (Å²) in [5.74, 6) is 1.11. The van der Waals surface area contributed by atoms with E-state index >= 15 is 0 Å². The number of amides is 1. The summed E-state index contributed by atoms with van der Waals surface area (Å²) in [5.41, 5.74) is 4.39. The highest BCUT2D eigenvalue weighted by molar-refractivity contribution is 7.80. The average molecular weight is 366 g/mol. The van der Waals surface area contributed by atoms with E-state index in [1.54, 1.807) is 7.11 Å². The fourth-order valence-electron chi connectivity index (χ4n) is 2.94. The third-order valence-electron chi connectivity index (χ3n) is 4.43. The number of carbonyl (C=O) groups is 1. The molecular weight excluding hydrogens is 344 g/mol. The lowest BCUT2D eigenvalue weighted by molar-refractivity contribution is -0.113. The van der Waals surface area contributed by atoms with Gasteiger partial charge in [0.25, 0.3) is 5.91 Å². The van der Waals surface area contributed by atoms with E-state index in [2.05, 4.69) is 19.2 Å². The molecule has 4 nitrogen and oxygen atoms in total. The Morgan fingerprint density at radius 2 is 1.85 bits per heavy atom. The number of carbonyl (C=O) groups excluding carboxylic acids is 1. The number of ether oxygens (including phenoxy) is 1. The van der Waals surface area contributed by atoms with Crippen molar-refractivity contribution in [1.82, 2.24) is 5.32 Å². The molecule has 0 radical (unpaired) electrons. The van der Waals surface area contributed by atoms with Crippen molar-refractivity contribution in [1.29, 1.82) is 0 Å². The van der Waals surface area contributed by atoms with E-state index < -0.39 is 0 Å². The Hall–Kier alpha value is -2.66. The fraction of sp³-hybridized carbons (Fsp3) is 0.238. The molecule has 0 unspecified atom stereocenters. The molecule has 1 N–H and O–H groups in total. The maximum atomic E-state index is 12.8. The molecule has 2 aromatic rings. The maximum absolute atomic E-state index is 12.8. The smallest absolute Gasteiger partial charge is 0.281 e. The molecule has 0 aromatic heterocycles. The molecule has 0 aliphatic carbocycles. The third kappa shape index (κ3) is 3.48. The van der Waals surface area contributed by atoms with E-state index in [1.165, 1.54) is 10.5 Å². The van der Waals surface area contributed by atoms with Crippen LogP contribution in [0.25, 0.3) is 6.08 Å². The molecule has 1 aliphatic heterocycles. The minimum Gasteiger partial charge on any atom is -0.496 e. The van der Waals surface area contributed by atoms with Crippen LogP contribution in [-0.4, -0.2) is 18.1 Å². The Balaban J connectivity index is 1.87. The molecule has 3 rings (SSSR count). The van der Waals surface area contributed by atoms with Crippen molar-refractivity contribution in [3.05, 3.63) is 64.9 Å². The van der Waals surface area contributed by atoms with Gasteiger partial charge in [0, 0.05) is 0 Å². The van der Waals surface area contributed by atoms with Gasteiger partial charge >= 0.3 is 0 Å². The Morgan fingerprint density at radius 1 is 1.15 bits per heavy atom. The summed E-state index contributed by atoms with van der Waals surface area (Å²) in [5, 5.41) is 3.42. The van der Waals surface area contributed by atoms with Gasteiger partial charge in [-0.2, -0.15) is 0 Å². The van der Waals surface area contributed by atoms with Crippen molar-refractivity contribution >= 4 is 35.0 Å². The Morgan fingerprint density at radius 3 is 2.42 bits per heavy atom. The highest BCUT2D eigenvalue weighted by Crippen LogP contribution is 2.26. The van der Waals surface area contributed by atoms with Crippen molar-refractivity contribution < 1.29 is 9.53 Å². The van der Waals surface area contributed by atoms with E-state index in [0.717, 1.165) is 22.6 Å². The van der Waals surface area contributed by atoms with Crippen LogP contribution in [0.15, 0.2) is 48.2 Å². The number of hydrogen-bond donors (Lipinski definition) is 1. The summed E-state index contributed by atoms with van der Waals surface area (Å²) in [7, 11) is 1.64. The predicted molar refractivity (Wildman–Crippen MR) is 109 cm³/mol. The summed E-state index contributed by atoms with van der Waals surface area (Å²) in [6, 6.07) is 13.7. The summed E-state index contributed by atoms with van der Waals surface area (Å²) in [6.45, 7) is 6.25. The first kappa shape index (κ1) is 18.1. The molecule has 26 heavy (non-hydrogen) atoms. The van der Waals surface area contributed by atoms with Gasteiger partial charge in [-0.1, -0.05) is 32.0 Å². The molecule has 0 atom stereocenters. The molecule has 1 amide bonds. The molecule has 1 aliphatic rings. The van der Waals surface area contributed by atoms with Crippen LogP contribution in [-0.2, 0) is 4.79 Å². The second-order valence-electron chi connectivity index (χ2n) is 6.60. The van der Waals surface area contributed by atoms with Crippen LogP contribution in [0.3, 0.4) is 0 Å². The SMILES string of the molecule is COc1ccc(/C=C2\NC(=S)N(c3ccc(C(C)C)cc3)C2=O)cc1C. The first-order valence-electron chi connectivity index (χ1n) is 8.52. The monoisotopic (exact) mass is 366 g/mol. The second kappa shape index (κ2) is 7.30. The third-order valence-corrected chi connectivity index (χ3v) is 4.71. The van der Waals surface area contributed by atoms with Gasteiger partial charge in [0.15, 0.2) is 5.11 Å². The zero-order valence-corrected chi connectivity index (χ0v) is 16.2. The van der Waals surface area contributed by atoms with E-state index in [0.29, 0.717) is 16.7 Å². The summed E-state index contributed by atoms with van der Waals surface area (Å²) in [6.07, 6.45) is 1.81. The van der Waals surface area contributed by atoms with Gasteiger partial charge in [0.05, 0.1) is 12.8 Å². The van der Waals surface area contributed by atoms with E-state index in [4.69, 9.17) is 17.0 Å². The van der Waals surface area contributed by atoms with Gasteiger partial charge in [-0.15, -0.1) is 0 Å². The Bertz CT molecular complexity index is 885. The molecule has 134 valence electrons. The van der Waals surface area contributed by atoms with Gasteiger partial charge in [-0.3, -0.25) is 9.69 Å². The molecule has 1 heterocycles. The van der Waals surface area contributed by atoms with Crippen molar-refractivity contribution in [3.63, 3.8) is 0 Å². The van der Waals surface area contributed by atoms with Gasteiger partial charge in [0.2, 0.25) is 0 Å². The topological polar surface area (TPSA) is 41.6 Å². The lowest BCUT2D eigenvalue weighted by Crippen LogP contribution is -2.30. The minimum atomic E-state index is -0.152. The second-order valence-corrected chi connectivity index (χ2v) is 6.99. The average Bonchev–Trinajstić information content (AvgIpc) is 2.89. The zero-order valence-electron chi connectivity index (χ0n) is 15.4. The van der Waals surface area contributed by atoms with Gasteiger partial charge < -0.3 is 10.1 Å². The van der Waals surface area contributed by atoms with Crippen LogP contribution in [0.1, 0.15) is 36.5 Å². The number of nitrogens with one attached hydrogen (secondary N) is 1. The largest absolute Gasteiger partial charge is 0.496 e. The number of benzene rings is 2. The van der Waals surface area contributed by atoms with Crippen molar-refractivity contribution in [2.45, 2.75) is 26.7 Å². The van der Waals surface area contributed by atoms with Crippen molar-refractivity contribution in [2.75, 3.05) is 12.0 Å². The molecular formula is C21H22N2O2S. The Kier molecular flexibility index (Phi) is 5.09. The van der Waals surface area contributed by atoms with Crippen LogP contribution < -0.4 is 15.0 Å². The number of aryl methyl sites for hydroxylation is 1. The van der Waals surface area contributed by atoms with Crippen LogP contribution in [0.2, 0.25) is 0 Å². The van der Waals surface area contributed by atoms with Crippen LogP contribution in [0.4, 0.5) is 5.69 Å². The number of hydrogen-bond acceptors (Lipinski definition) is 3. The summed E-state index contributed by atoms with van der Waals surface area (Å²) < 4.78 is 5.28. The minimum absolute atomic E-state index is 0.152. The zero-order chi connectivity index (χ0) is 18.8. The number of methoxy groups -OCH3 is 1. The molecule has 1 fully saturated rings.